The molecule has 1 aromatic rings. The maximum atomic E-state index is 9.58. The zero-order valence-electron chi connectivity index (χ0n) is 14.3. The van der Waals surface area contributed by atoms with Gasteiger partial charge in [-0.05, 0) is 44.7 Å². The molecule has 0 spiro atoms. The lowest BCUT2D eigenvalue weighted by Crippen LogP contribution is -2.49. The van der Waals surface area contributed by atoms with Crippen molar-refractivity contribution in [2.75, 3.05) is 25.1 Å². The highest BCUT2D eigenvalue weighted by Crippen LogP contribution is 2.19. The van der Waals surface area contributed by atoms with Crippen molar-refractivity contribution in [1.82, 2.24) is 5.32 Å². The molecule has 120 valence electrons. The van der Waals surface area contributed by atoms with Gasteiger partial charge in [0.15, 0.2) is 0 Å². The number of unbranched alkanes of at least 4 members (excludes halogenated alkanes) is 1. The average Bonchev–Trinajstić information content (AvgIpc) is 2.43. The molecule has 1 rings (SSSR count). The van der Waals surface area contributed by atoms with Gasteiger partial charge in [0.25, 0.3) is 0 Å². The lowest BCUT2D eigenvalue weighted by molar-refractivity contribution is 0.154. The van der Waals surface area contributed by atoms with Gasteiger partial charge in [0.1, 0.15) is 0 Å². The van der Waals surface area contributed by atoms with Crippen molar-refractivity contribution in [2.45, 2.75) is 58.5 Å². The molecule has 0 aliphatic heterocycles. The number of para-hydroxylation sites is 1. The Morgan fingerprint density at radius 3 is 2.48 bits per heavy atom. The van der Waals surface area contributed by atoms with Crippen molar-refractivity contribution in [3.05, 3.63) is 29.8 Å². The first-order valence-electron chi connectivity index (χ1n) is 8.03. The molecular formula is C18H32N2O. The van der Waals surface area contributed by atoms with Gasteiger partial charge in [0.05, 0.1) is 6.61 Å². The summed E-state index contributed by atoms with van der Waals surface area (Å²) >= 11 is 0. The van der Waals surface area contributed by atoms with Gasteiger partial charge in [-0.25, -0.2) is 0 Å². The van der Waals surface area contributed by atoms with E-state index in [9.17, 15) is 5.11 Å². The zero-order chi connectivity index (χ0) is 15.9. The Morgan fingerprint density at radius 1 is 1.24 bits per heavy atom. The van der Waals surface area contributed by atoms with Crippen LogP contribution in [0.15, 0.2) is 24.3 Å². The molecule has 21 heavy (non-hydrogen) atoms. The molecule has 0 aromatic heterocycles. The molecule has 3 heteroatoms. The minimum Gasteiger partial charge on any atom is -0.394 e. The van der Waals surface area contributed by atoms with Crippen LogP contribution in [0, 0.1) is 6.92 Å². The Hall–Kier alpha value is -1.06. The molecule has 1 unspecified atom stereocenters. The molecule has 0 bridgehead atoms. The van der Waals surface area contributed by atoms with E-state index < -0.39 is 0 Å². The average molecular weight is 292 g/mol. The van der Waals surface area contributed by atoms with E-state index in [1.165, 1.54) is 11.3 Å². The summed E-state index contributed by atoms with van der Waals surface area (Å²) < 4.78 is 0. The van der Waals surface area contributed by atoms with Gasteiger partial charge in [0, 0.05) is 30.9 Å². The molecule has 1 atom stereocenters. The summed E-state index contributed by atoms with van der Waals surface area (Å²) in [6.07, 6.45) is 3.26. The van der Waals surface area contributed by atoms with Crippen LogP contribution in [0.1, 0.15) is 45.6 Å². The van der Waals surface area contributed by atoms with Gasteiger partial charge in [-0.2, -0.15) is 0 Å². The molecule has 0 aliphatic carbocycles. The lowest BCUT2D eigenvalue weighted by atomic mass is 9.94. The highest BCUT2D eigenvalue weighted by atomic mass is 16.3. The maximum Gasteiger partial charge on any atom is 0.0610 e. The smallest absolute Gasteiger partial charge is 0.0610 e. The predicted molar refractivity (Wildman–Crippen MR) is 92.1 cm³/mol. The summed E-state index contributed by atoms with van der Waals surface area (Å²) in [7, 11) is 2.15. The first-order chi connectivity index (χ1) is 9.88. The Bertz CT molecular complexity index is 419. The first-order valence-corrected chi connectivity index (χ1v) is 8.03. The topological polar surface area (TPSA) is 35.5 Å². The van der Waals surface area contributed by atoms with Gasteiger partial charge >= 0.3 is 0 Å². The molecule has 0 saturated heterocycles. The van der Waals surface area contributed by atoms with Crippen LogP contribution in [0.5, 0.6) is 0 Å². The van der Waals surface area contributed by atoms with Gasteiger partial charge in [-0.3, -0.25) is 0 Å². The number of rotatable bonds is 9. The second-order valence-electron chi connectivity index (χ2n) is 6.68. The van der Waals surface area contributed by atoms with Crippen LogP contribution in [0.3, 0.4) is 0 Å². The van der Waals surface area contributed by atoms with E-state index in [1.54, 1.807) is 0 Å². The minimum atomic E-state index is -0.157. The van der Waals surface area contributed by atoms with Crippen molar-refractivity contribution >= 4 is 5.69 Å². The summed E-state index contributed by atoms with van der Waals surface area (Å²) in [5.74, 6) is 0. The summed E-state index contributed by atoms with van der Waals surface area (Å²) in [5.41, 5.74) is 2.47. The van der Waals surface area contributed by atoms with Crippen LogP contribution < -0.4 is 10.2 Å². The summed E-state index contributed by atoms with van der Waals surface area (Å²) in [5, 5.41) is 13.1. The molecule has 0 amide bonds. The molecule has 0 radical (unpaired) electrons. The third-order valence-corrected chi connectivity index (χ3v) is 3.98. The number of nitrogens with one attached hydrogen (secondary N) is 1. The Labute approximate surface area is 130 Å². The van der Waals surface area contributed by atoms with Gasteiger partial charge in [-0.1, -0.05) is 32.0 Å². The van der Waals surface area contributed by atoms with E-state index in [1.807, 2.05) is 0 Å². The Balaban J connectivity index is 2.38. The van der Waals surface area contributed by atoms with Crippen molar-refractivity contribution in [3.8, 4) is 0 Å². The fourth-order valence-corrected chi connectivity index (χ4v) is 2.87. The van der Waals surface area contributed by atoms with Crippen LogP contribution >= 0.6 is 0 Å². The summed E-state index contributed by atoms with van der Waals surface area (Å²) in [4.78, 5) is 2.32. The Morgan fingerprint density at radius 2 is 1.90 bits per heavy atom. The number of hydrogen-bond acceptors (Lipinski definition) is 3. The largest absolute Gasteiger partial charge is 0.394 e. The summed E-state index contributed by atoms with van der Waals surface area (Å²) in [6, 6.07) is 8.90. The SMILES string of the molecule is Cc1ccccc1N(C)CCCCC(C)(CO)NC(C)C. The van der Waals surface area contributed by atoms with Gasteiger partial charge in [-0.15, -0.1) is 0 Å². The highest BCUT2D eigenvalue weighted by molar-refractivity contribution is 5.52. The number of benzene rings is 1. The zero-order valence-corrected chi connectivity index (χ0v) is 14.3. The van der Waals surface area contributed by atoms with Crippen LogP contribution in [-0.4, -0.2) is 36.9 Å². The number of aryl methyl sites for hydroxylation is 1. The second-order valence-corrected chi connectivity index (χ2v) is 6.68. The number of anilines is 1. The number of aliphatic hydroxyl groups excluding tert-OH is 1. The van der Waals surface area contributed by atoms with Crippen molar-refractivity contribution in [1.29, 1.82) is 0 Å². The predicted octanol–water partition coefficient (Wildman–Crippen LogP) is 3.35. The van der Waals surface area contributed by atoms with Crippen LogP contribution in [0.4, 0.5) is 5.69 Å². The molecule has 3 nitrogen and oxygen atoms in total. The highest BCUT2D eigenvalue weighted by Gasteiger charge is 2.23. The maximum absolute atomic E-state index is 9.58. The van der Waals surface area contributed by atoms with E-state index in [0.29, 0.717) is 6.04 Å². The normalized spacial score (nSPS) is 14.2. The molecule has 0 heterocycles. The van der Waals surface area contributed by atoms with Crippen LogP contribution in [0.25, 0.3) is 0 Å². The second kappa shape index (κ2) is 8.40. The minimum absolute atomic E-state index is 0.157. The third kappa shape index (κ3) is 6.06. The van der Waals surface area contributed by atoms with E-state index in [4.69, 9.17) is 0 Å². The van der Waals surface area contributed by atoms with Gasteiger partial charge < -0.3 is 15.3 Å². The van der Waals surface area contributed by atoms with Crippen molar-refractivity contribution < 1.29 is 5.11 Å². The van der Waals surface area contributed by atoms with E-state index in [0.717, 1.165) is 25.8 Å². The lowest BCUT2D eigenvalue weighted by Gasteiger charge is -2.31. The fourth-order valence-electron chi connectivity index (χ4n) is 2.87. The molecule has 0 aliphatic rings. The Kier molecular flexibility index (Phi) is 7.20. The third-order valence-electron chi connectivity index (χ3n) is 3.98. The molecule has 0 saturated carbocycles. The van der Waals surface area contributed by atoms with E-state index in [2.05, 4.69) is 69.2 Å². The molecular weight excluding hydrogens is 260 g/mol. The van der Waals surface area contributed by atoms with E-state index >= 15 is 0 Å². The number of hydrogen-bond donors (Lipinski definition) is 2. The quantitative estimate of drug-likeness (QED) is 0.685. The standard InChI is InChI=1S/C18H32N2O/c1-15(2)19-18(4,14-21)12-8-9-13-20(5)17-11-7-6-10-16(17)3/h6-7,10-11,15,19,21H,8-9,12-14H2,1-5H3. The first kappa shape index (κ1) is 18.0. The summed E-state index contributed by atoms with van der Waals surface area (Å²) in [6.45, 7) is 9.76. The van der Waals surface area contributed by atoms with E-state index in [-0.39, 0.29) is 12.1 Å². The molecule has 0 fully saturated rings. The molecule has 2 N–H and O–H groups in total. The number of nitrogens with zero attached hydrogens (tertiary/aromatic N) is 1. The van der Waals surface area contributed by atoms with Crippen molar-refractivity contribution in [2.24, 2.45) is 0 Å². The monoisotopic (exact) mass is 292 g/mol. The van der Waals surface area contributed by atoms with Crippen molar-refractivity contribution in [3.63, 3.8) is 0 Å². The van der Waals surface area contributed by atoms with Crippen LogP contribution in [0.2, 0.25) is 0 Å². The fraction of sp³-hybridized carbons (Fsp3) is 0.667. The van der Waals surface area contributed by atoms with Gasteiger partial charge in [0.2, 0.25) is 0 Å². The molecule has 1 aromatic carbocycles. The van der Waals surface area contributed by atoms with Crippen LogP contribution in [-0.2, 0) is 0 Å². The number of aliphatic hydroxyl groups is 1.